The van der Waals surface area contributed by atoms with Gasteiger partial charge in [-0.05, 0) is 93.5 Å². The Balaban J connectivity index is 0.000000164. The first-order chi connectivity index (χ1) is 36.1. The van der Waals surface area contributed by atoms with Gasteiger partial charge in [0.25, 0.3) is 0 Å². The molecule has 0 aromatic heterocycles. The van der Waals surface area contributed by atoms with Crippen molar-refractivity contribution in [3.8, 4) is 0 Å². The molecule has 390 valence electrons. The van der Waals surface area contributed by atoms with E-state index >= 15 is 0 Å². The molecule has 9 rings (SSSR count). The molecule has 9 aromatic carbocycles. The SMILES string of the molecule is O=C(OCc1cc2ccccc2c2ccccc12)C(F)(F)SOO[O-].O=C(OCc1ccc2ccc3ccccc3c2c1)C(F)(F)SOO[O-].O=C(OCc1cccc2ccc3ccccc3c12)C(F)(F)SOO[O-]. The molecule has 0 N–H and O–H groups in total. The van der Waals surface area contributed by atoms with Crippen molar-refractivity contribution in [1.82, 2.24) is 0 Å². The minimum atomic E-state index is -4.06. The molecule has 0 saturated heterocycles. The maximum Gasteiger partial charge on any atom is 0.415 e. The lowest BCUT2D eigenvalue weighted by Crippen LogP contribution is -2.27. The molecule has 0 atom stereocenters. The lowest BCUT2D eigenvalue weighted by atomic mass is 9.98. The standard InChI is InChI=1S/3C17H12F2O5S/c18-17(19,25-24-23-21)16(20)22-10-12-9-11-5-1-2-6-13(11)15-8-4-3-7-14(12)15;18-17(19,25-24-23-21)16(20)22-10-13-6-3-5-12-9-8-11-4-1-2-7-14(11)15(12)13;18-17(19,25-24-23-21)16(20)22-10-11-5-6-13-8-7-12-3-1-2-4-14(12)15(13)9-11/h3*1-9,21H,10H2/p-3. The molecular formula is C51H33F6O15S3-3. The number of rotatable bonds is 18. The summed E-state index contributed by atoms with van der Waals surface area (Å²) in [5, 5.41) is 36.3. The minimum absolute atomic E-state index is 0.341. The van der Waals surface area contributed by atoms with Crippen molar-refractivity contribution < 1.29 is 98.8 Å². The Morgan fingerprint density at radius 2 is 0.760 bits per heavy atom. The fraction of sp³-hybridized carbons (Fsp3) is 0.118. The van der Waals surface area contributed by atoms with E-state index < -0.39 is 69.8 Å². The van der Waals surface area contributed by atoms with Gasteiger partial charge in [0.05, 0.1) is 0 Å². The molecule has 75 heavy (non-hydrogen) atoms. The predicted octanol–water partition coefficient (Wildman–Crippen LogP) is 10.5. The Morgan fingerprint density at radius 3 is 1.31 bits per heavy atom. The van der Waals surface area contributed by atoms with Crippen LogP contribution in [0.3, 0.4) is 0 Å². The molecule has 0 heterocycles. The molecule has 0 aliphatic heterocycles. The van der Waals surface area contributed by atoms with Gasteiger partial charge in [-0.3, -0.25) is 15.1 Å². The number of hydrogen-bond acceptors (Lipinski definition) is 18. The van der Waals surface area contributed by atoms with Crippen LogP contribution in [0.2, 0.25) is 0 Å². The van der Waals surface area contributed by atoms with Gasteiger partial charge in [0.15, 0.2) is 0 Å². The smallest absolute Gasteiger partial charge is 0.415 e. The molecule has 0 amide bonds. The number of carbonyl (C=O) groups is 3. The summed E-state index contributed by atoms with van der Waals surface area (Å²) >= 11 is -2.15. The van der Waals surface area contributed by atoms with Crippen LogP contribution in [0.15, 0.2) is 164 Å². The third-order valence-electron chi connectivity index (χ3n) is 10.8. The van der Waals surface area contributed by atoms with Crippen molar-refractivity contribution in [1.29, 1.82) is 0 Å². The Morgan fingerprint density at radius 1 is 0.373 bits per heavy atom. The van der Waals surface area contributed by atoms with Crippen LogP contribution >= 0.6 is 36.1 Å². The lowest BCUT2D eigenvalue weighted by Gasteiger charge is -2.15. The number of halogens is 6. The highest BCUT2D eigenvalue weighted by atomic mass is 32.2. The van der Waals surface area contributed by atoms with Crippen LogP contribution in [-0.4, -0.2) is 33.7 Å². The van der Waals surface area contributed by atoms with Crippen molar-refractivity contribution in [3.05, 3.63) is 180 Å². The van der Waals surface area contributed by atoms with Crippen molar-refractivity contribution >= 4 is 119 Å². The molecule has 0 spiro atoms. The number of hydrogen-bond donors (Lipinski definition) is 0. The molecule has 0 unspecified atom stereocenters. The maximum atomic E-state index is 13.4. The molecule has 0 saturated carbocycles. The monoisotopic (exact) mass is 1100 g/mol. The molecule has 0 fully saturated rings. The van der Waals surface area contributed by atoms with Gasteiger partial charge in [-0.1, -0.05) is 152 Å². The summed E-state index contributed by atoms with van der Waals surface area (Å²) in [5.41, 5.74) is 1.73. The van der Waals surface area contributed by atoms with Gasteiger partial charge < -0.3 is 30.0 Å². The van der Waals surface area contributed by atoms with E-state index in [0.29, 0.717) is 16.7 Å². The van der Waals surface area contributed by atoms with Gasteiger partial charge in [-0.25, -0.2) is 14.4 Å². The van der Waals surface area contributed by atoms with Crippen molar-refractivity contribution in [2.24, 2.45) is 0 Å². The van der Waals surface area contributed by atoms with Gasteiger partial charge in [0.1, 0.15) is 55.9 Å². The fourth-order valence-electron chi connectivity index (χ4n) is 7.61. The van der Waals surface area contributed by atoms with Crippen molar-refractivity contribution in [2.45, 2.75) is 35.6 Å². The zero-order chi connectivity index (χ0) is 53.6. The maximum absolute atomic E-state index is 13.4. The van der Waals surface area contributed by atoms with Gasteiger partial charge in [-0.15, -0.1) is 0 Å². The molecule has 0 bridgehead atoms. The molecule has 0 aliphatic rings. The first kappa shape index (κ1) is 56.0. The number of alkyl halides is 6. The van der Waals surface area contributed by atoms with E-state index in [1.165, 1.54) is 0 Å². The zero-order valence-electron chi connectivity index (χ0n) is 37.8. The number of esters is 3. The second-order valence-electron chi connectivity index (χ2n) is 15.4. The van der Waals surface area contributed by atoms with Crippen molar-refractivity contribution in [3.63, 3.8) is 0 Å². The predicted molar refractivity (Wildman–Crippen MR) is 258 cm³/mol. The van der Waals surface area contributed by atoms with E-state index in [1.54, 1.807) is 30.3 Å². The topological polar surface area (TPSA) is 203 Å². The zero-order valence-corrected chi connectivity index (χ0v) is 40.3. The second-order valence-corrected chi connectivity index (χ2v) is 17.8. The molecule has 0 radical (unpaired) electrons. The summed E-state index contributed by atoms with van der Waals surface area (Å²) in [5.74, 6) is -5.48. The van der Waals surface area contributed by atoms with Gasteiger partial charge in [0.2, 0.25) is 0 Å². The first-order valence-electron chi connectivity index (χ1n) is 21.3. The molecule has 9 aromatic rings. The average Bonchev–Trinajstić information content (AvgIpc) is 3.43. The molecule has 15 nitrogen and oxygen atoms in total. The van der Waals surface area contributed by atoms with E-state index in [-0.39, 0.29) is 19.8 Å². The lowest BCUT2D eigenvalue weighted by molar-refractivity contribution is -0.777. The summed E-state index contributed by atoms with van der Waals surface area (Å²) in [7, 11) is 0. The summed E-state index contributed by atoms with van der Waals surface area (Å²) < 4.78 is 105. The minimum Gasteiger partial charge on any atom is -0.691 e. The Bertz CT molecular complexity index is 3410. The molecule has 24 heteroatoms. The number of benzene rings is 9. The number of fused-ring (bicyclic) bond motifs is 9. The normalized spacial score (nSPS) is 11.8. The van der Waals surface area contributed by atoms with E-state index in [0.717, 1.165) is 64.6 Å². The van der Waals surface area contributed by atoms with E-state index in [4.69, 9.17) is 9.47 Å². The summed E-state index contributed by atoms with van der Waals surface area (Å²) in [6, 6.07) is 50.6. The van der Waals surface area contributed by atoms with Crippen molar-refractivity contribution in [2.75, 3.05) is 0 Å². The highest BCUT2D eigenvalue weighted by Crippen LogP contribution is 2.36. The third-order valence-corrected chi connectivity index (χ3v) is 12.3. The first-order valence-corrected chi connectivity index (χ1v) is 23.6. The summed E-state index contributed by atoms with van der Waals surface area (Å²) in [6.07, 6.45) is 0. The van der Waals surface area contributed by atoms with Crippen LogP contribution in [0, 0.1) is 0 Å². The van der Waals surface area contributed by atoms with Crippen LogP contribution in [0.1, 0.15) is 16.7 Å². The van der Waals surface area contributed by atoms with Gasteiger partial charge >= 0.3 is 33.7 Å². The van der Waals surface area contributed by atoms with Crippen LogP contribution < -0.4 is 15.8 Å². The van der Waals surface area contributed by atoms with E-state index in [9.17, 15) is 56.5 Å². The summed E-state index contributed by atoms with van der Waals surface area (Å²) in [4.78, 5) is 34.4. The van der Waals surface area contributed by atoms with Crippen LogP contribution in [0.4, 0.5) is 26.3 Å². The highest BCUT2D eigenvalue weighted by Gasteiger charge is 2.45. The molecular weight excluding hydrogens is 1060 g/mol. The third kappa shape index (κ3) is 14.1. The fourth-order valence-corrected chi connectivity index (χ4v) is 8.33. The largest absolute Gasteiger partial charge is 0.691 e. The van der Waals surface area contributed by atoms with E-state index in [1.807, 2.05) is 133 Å². The Hall–Kier alpha value is -6.78. The van der Waals surface area contributed by atoms with Crippen LogP contribution in [0.5, 0.6) is 0 Å². The average molecular weight is 1100 g/mol. The van der Waals surface area contributed by atoms with Gasteiger partial charge in [0, 0.05) is 0 Å². The number of ether oxygens (including phenoxy) is 3. The second kappa shape index (κ2) is 25.6. The number of carbonyl (C=O) groups excluding carboxylic acids is 3. The van der Waals surface area contributed by atoms with Gasteiger partial charge in [-0.2, -0.15) is 39.3 Å². The van der Waals surface area contributed by atoms with E-state index in [2.05, 4.69) is 32.9 Å². The highest BCUT2D eigenvalue weighted by molar-refractivity contribution is 7.96. The van der Waals surface area contributed by atoms with Crippen LogP contribution in [-0.2, 0) is 76.5 Å². The Kier molecular flexibility index (Phi) is 19.1. The quantitative estimate of drug-likeness (QED) is 0.0149. The Labute approximate surface area is 431 Å². The molecule has 0 aliphatic carbocycles. The summed E-state index contributed by atoms with van der Waals surface area (Å²) in [6.45, 7) is -1.04. The van der Waals surface area contributed by atoms with Crippen LogP contribution in [0.25, 0.3) is 64.6 Å².